The molecule has 0 amide bonds. The molecule has 94 valence electrons. The summed E-state index contributed by atoms with van der Waals surface area (Å²) in [5, 5.41) is 8.19. The summed E-state index contributed by atoms with van der Waals surface area (Å²) in [4.78, 5) is 13.9. The van der Waals surface area contributed by atoms with Crippen LogP contribution in [-0.4, -0.2) is 21.8 Å². The second kappa shape index (κ2) is 5.72. The van der Waals surface area contributed by atoms with Gasteiger partial charge in [0.1, 0.15) is 5.03 Å². The van der Waals surface area contributed by atoms with Gasteiger partial charge in [0.15, 0.2) is 0 Å². The van der Waals surface area contributed by atoms with E-state index in [1.54, 1.807) is 0 Å². The van der Waals surface area contributed by atoms with Crippen molar-refractivity contribution in [2.24, 2.45) is 0 Å². The van der Waals surface area contributed by atoms with Crippen LogP contribution in [0.25, 0.3) is 0 Å². The van der Waals surface area contributed by atoms with E-state index in [0.29, 0.717) is 0 Å². The van der Waals surface area contributed by atoms with Gasteiger partial charge >= 0.3 is 12.1 Å². The molecule has 0 aliphatic rings. The lowest BCUT2D eigenvalue weighted by Gasteiger charge is -2.11. The molecule has 0 aliphatic heterocycles. The lowest BCUT2D eigenvalue weighted by atomic mass is 10.3. The van der Waals surface area contributed by atoms with Gasteiger partial charge < -0.3 is 5.11 Å². The van der Waals surface area contributed by atoms with E-state index < -0.39 is 17.7 Å². The van der Waals surface area contributed by atoms with Gasteiger partial charge in [-0.3, -0.25) is 4.79 Å². The number of thioether (sulfide) groups is 1. The molecule has 0 unspecified atom stereocenters. The summed E-state index contributed by atoms with van der Waals surface area (Å²) in [5.74, 6) is -1.00. The minimum absolute atomic E-state index is 0.0487. The minimum atomic E-state index is -4.50. The molecule has 1 N–H and O–H groups in total. The van der Waals surface area contributed by atoms with Crippen molar-refractivity contribution >= 4 is 33.7 Å². The Hall–Kier alpha value is -0.760. The molecule has 0 radical (unpaired) electrons. The summed E-state index contributed by atoms with van der Waals surface area (Å²) in [6.45, 7) is 0. The highest BCUT2D eigenvalue weighted by Crippen LogP contribution is 2.36. The molecular formula is C9H7BrF3NO2S. The van der Waals surface area contributed by atoms with Crippen LogP contribution in [0, 0.1) is 0 Å². The van der Waals surface area contributed by atoms with Crippen LogP contribution in [0.1, 0.15) is 12.0 Å². The molecule has 0 saturated carbocycles. The fraction of sp³-hybridized carbons (Fsp3) is 0.333. The van der Waals surface area contributed by atoms with Crippen molar-refractivity contribution in [2.45, 2.75) is 17.6 Å². The number of hydrogen-bond acceptors (Lipinski definition) is 3. The number of nitrogens with zero attached hydrogens (tertiary/aromatic N) is 1. The monoisotopic (exact) mass is 329 g/mol. The van der Waals surface area contributed by atoms with Crippen LogP contribution in [0.3, 0.4) is 0 Å². The highest BCUT2D eigenvalue weighted by atomic mass is 79.9. The Labute approximate surface area is 108 Å². The molecule has 0 spiro atoms. The average molecular weight is 330 g/mol. The van der Waals surface area contributed by atoms with Gasteiger partial charge in [0, 0.05) is 16.4 Å². The van der Waals surface area contributed by atoms with Crippen molar-refractivity contribution in [3.63, 3.8) is 0 Å². The number of carboxylic acid groups (broad SMARTS) is 1. The highest BCUT2D eigenvalue weighted by molar-refractivity contribution is 9.10. The van der Waals surface area contributed by atoms with Crippen LogP contribution in [-0.2, 0) is 11.0 Å². The van der Waals surface area contributed by atoms with Gasteiger partial charge in [0.25, 0.3) is 0 Å². The first kappa shape index (κ1) is 14.3. The van der Waals surface area contributed by atoms with Crippen LogP contribution in [0.2, 0.25) is 0 Å². The minimum Gasteiger partial charge on any atom is -0.481 e. The van der Waals surface area contributed by atoms with E-state index in [1.807, 2.05) is 0 Å². The number of carbonyl (C=O) groups is 1. The molecule has 1 heterocycles. The van der Waals surface area contributed by atoms with Crippen LogP contribution < -0.4 is 0 Å². The Kier molecular flexibility index (Phi) is 4.81. The van der Waals surface area contributed by atoms with Crippen LogP contribution in [0.4, 0.5) is 13.2 Å². The number of rotatable bonds is 4. The fourth-order valence-electron chi connectivity index (χ4n) is 0.980. The molecule has 0 aliphatic carbocycles. The van der Waals surface area contributed by atoms with Crippen LogP contribution >= 0.6 is 27.7 Å². The first-order valence-electron chi connectivity index (χ1n) is 4.38. The Morgan fingerprint density at radius 1 is 1.53 bits per heavy atom. The molecule has 8 heteroatoms. The number of hydrogen-bond donors (Lipinski definition) is 1. The zero-order valence-corrected chi connectivity index (χ0v) is 10.7. The molecule has 0 bridgehead atoms. The van der Waals surface area contributed by atoms with Gasteiger partial charge in [-0.15, -0.1) is 11.8 Å². The number of halogens is 4. The van der Waals surface area contributed by atoms with Gasteiger partial charge in [0.05, 0.1) is 12.0 Å². The summed E-state index contributed by atoms with van der Waals surface area (Å²) in [7, 11) is 0. The summed E-state index contributed by atoms with van der Waals surface area (Å²) in [6.07, 6.45) is -3.46. The van der Waals surface area contributed by atoms with E-state index in [0.717, 1.165) is 17.8 Å². The summed E-state index contributed by atoms with van der Waals surface area (Å²) in [6, 6.07) is 0.927. The normalized spacial score (nSPS) is 11.5. The zero-order chi connectivity index (χ0) is 13.1. The smallest absolute Gasteiger partial charge is 0.419 e. The first-order chi connectivity index (χ1) is 7.80. The highest BCUT2D eigenvalue weighted by Gasteiger charge is 2.34. The van der Waals surface area contributed by atoms with Gasteiger partial charge in [-0.1, -0.05) is 0 Å². The maximum Gasteiger partial charge on any atom is 0.419 e. The van der Waals surface area contributed by atoms with Crippen molar-refractivity contribution in [1.82, 2.24) is 4.98 Å². The number of aromatic nitrogens is 1. The fourth-order valence-corrected chi connectivity index (χ4v) is 2.24. The number of carboxylic acids is 1. The van der Waals surface area contributed by atoms with Crippen molar-refractivity contribution in [2.75, 3.05) is 5.75 Å². The zero-order valence-electron chi connectivity index (χ0n) is 8.29. The van der Waals surface area contributed by atoms with Crippen molar-refractivity contribution in [3.05, 3.63) is 22.3 Å². The Bertz CT molecular complexity index is 425. The molecule has 1 rings (SSSR count). The maximum absolute atomic E-state index is 12.6. The molecule has 0 saturated heterocycles. The van der Waals surface area contributed by atoms with E-state index in [2.05, 4.69) is 20.9 Å². The predicted molar refractivity (Wildman–Crippen MR) is 59.9 cm³/mol. The van der Waals surface area contributed by atoms with Crippen molar-refractivity contribution in [3.8, 4) is 0 Å². The van der Waals surface area contributed by atoms with E-state index in [-0.39, 0.29) is 21.7 Å². The van der Waals surface area contributed by atoms with Crippen molar-refractivity contribution in [1.29, 1.82) is 0 Å². The second-order valence-corrected chi connectivity index (χ2v) is 5.00. The van der Waals surface area contributed by atoms with E-state index in [4.69, 9.17) is 5.11 Å². The summed E-state index contributed by atoms with van der Waals surface area (Å²) < 4.78 is 38.1. The van der Waals surface area contributed by atoms with E-state index in [9.17, 15) is 18.0 Å². The predicted octanol–water partition coefficient (Wildman–Crippen LogP) is 3.43. The van der Waals surface area contributed by atoms with Crippen LogP contribution in [0.15, 0.2) is 21.8 Å². The third kappa shape index (κ3) is 4.55. The van der Waals surface area contributed by atoms with Gasteiger partial charge in [0.2, 0.25) is 0 Å². The lowest BCUT2D eigenvalue weighted by Crippen LogP contribution is -2.08. The maximum atomic E-state index is 12.6. The Morgan fingerprint density at radius 2 is 2.18 bits per heavy atom. The third-order valence-electron chi connectivity index (χ3n) is 1.68. The Balaban J connectivity index is 2.87. The van der Waals surface area contributed by atoms with Gasteiger partial charge in [-0.2, -0.15) is 13.2 Å². The average Bonchev–Trinajstić information content (AvgIpc) is 2.18. The molecule has 1 aromatic rings. The standard InChI is InChI=1S/C9H7BrF3NO2S/c10-5-3-6(9(11,12)13)8(14-4-5)17-2-1-7(15)16/h3-4H,1-2H2,(H,15,16). The summed E-state index contributed by atoms with van der Waals surface area (Å²) >= 11 is 3.69. The Morgan fingerprint density at radius 3 is 2.71 bits per heavy atom. The van der Waals surface area contributed by atoms with Gasteiger partial charge in [-0.05, 0) is 22.0 Å². The molecule has 17 heavy (non-hydrogen) atoms. The second-order valence-electron chi connectivity index (χ2n) is 3.00. The number of alkyl halides is 3. The molecule has 0 fully saturated rings. The topological polar surface area (TPSA) is 50.2 Å². The molecule has 0 atom stereocenters. The molecule has 3 nitrogen and oxygen atoms in total. The van der Waals surface area contributed by atoms with Crippen molar-refractivity contribution < 1.29 is 23.1 Å². The van der Waals surface area contributed by atoms with E-state index >= 15 is 0 Å². The SMILES string of the molecule is O=C(O)CCSc1ncc(Br)cc1C(F)(F)F. The molecule has 0 aromatic carbocycles. The number of pyridine rings is 1. The van der Waals surface area contributed by atoms with E-state index in [1.165, 1.54) is 6.20 Å². The largest absolute Gasteiger partial charge is 0.481 e. The third-order valence-corrected chi connectivity index (χ3v) is 3.12. The van der Waals surface area contributed by atoms with Gasteiger partial charge in [-0.25, -0.2) is 4.98 Å². The summed E-state index contributed by atoms with van der Waals surface area (Å²) in [5.41, 5.74) is -0.859. The van der Waals surface area contributed by atoms with Crippen LogP contribution in [0.5, 0.6) is 0 Å². The lowest BCUT2D eigenvalue weighted by molar-refractivity contribution is -0.140. The quantitative estimate of drug-likeness (QED) is 0.860. The first-order valence-corrected chi connectivity index (χ1v) is 6.16. The number of aliphatic carboxylic acids is 1. The molecular weight excluding hydrogens is 323 g/mol. The molecule has 1 aromatic heterocycles.